The van der Waals surface area contributed by atoms with Crippen molar-refractivity contribution in [2.45, 2.75) is 25.8 Å². The highest BCUT2D eigenvalue weighted by molar-refractivity contribution is 5.13. The first kappa shape index (κ1) is 13.2. The molecule has 0 aliphatic heterocycles. The summed E-state index contributed by atoms with van der Waals surface area (Å²) in [5.74, 6) is 0.439. The van der Waals surface area contributed by atoms with Gasteiger partial charge in [0, 0.05) is 25.6 Å². The molecule has 6 nitrogen and oxygen atoms in total. The van der Waals surface area contributed by atoms with Crippen LogP contribution in [0.2, 0.25) is 0 Å². The lowest BCUT2D eigenvalue weighted by molar-refractivity contribution is 0.323. The smallest absolute Gasteiger partial charge is 0.270 e. The predicted octanol–water partition coefficient (Wildman–Crippen LogP) is 0.275. The quantitative estimate of drug-likeness (QED) is 0.686. The first-order valence-electron chi connectivity index (χ1n) is 5.55. The molecule has 0 aliphatic rings. The molecule has 0 aromatic carbocycles. The number of hydrogen-bond acceptors (Lipinski definition) is 5. The summed E-state index contributed by atoms with van der Waals surface area (Å²) in [5, 5.41) is 12.4. The van der Waals surface area contributed by atoms with E-state index >= 15 is 0 Å². The van der Waals surface area contributed by atoms with Crippen molar-refractivity contribution in [1.82, 2.24) is 9.78 Å². The predicted molar refractivity (Wildman–Crippen MR) is 62.5 cm³/mol. The van der Waals surface area contributed by atoms with E-state index in [2.05, 4.69) is 11.2 Å². The SMILES string of the molecule is N#CCCCCn1ncc(OCCN)cc1=O. The van der Waals surface area contributed by atoms with Crippen LogP contribution in [0.5, 0.6) is 5.75 Å². The van der Waals surface area contributed by atoms with Crippen molar-refractivity contribution < 1.29 is 4.74 Å². The van der Waals surface area contributed by atoms with Crippen molar-refractivity contribution >= 4 is 0 Å². The normalized spacial score (nSPS) is 9.88. The van der Waals surface area contributed by atoms with Crippen LogP contribution < -0.4 is 16.0 Å². The molecule has 1 rings (SSSR count). The van der Waals surface area contributed by atoms with E-state index in [9.17, 15) is 4.79 Å². The number of aryl methyl sites for hydroxylation is 1. The minimum atomic E-state index is -0.198. The van der Waals surface area contributed by atoms with Crippen LogP contribution in [-0.2, 0) is 6.54 Å². The van der Waals surface area contributed by atoms with Gasteiger partial charge in [-0.2, -0.15) is 10.4 Å². The Labute approximate surface area is 99.6 Å². The Morgan fingerprint density at radius 1 is 1.53 bits per heavy atom. The topological polar surface area (TPSA) is 93.9 Å². The molecular formula is C11H16N4O2. The second kappa shape index (κ2) is 7.41. The lowest BCUT2D eigenvalue weighted by Crippen LogP contribution is -2.22. The Morgan fingerprint density at radius 3 is 3.00 bits per heavy atom. The molecule has 17 heavy (non-hydrogen) atoms. The molecule has 1 heterocycles. The van der Waals surface area contributed by atoms with E-state index in [4.69, 9.17) is 15.7 Å². The second-order valence-electron chi connectivity index (χ2n) is 3.51. The molecule has 0 radical (unpaired) electrons. The summed E-state index contributed by atoms with van der Waals surface area (Å²) in [7, 11) is 0. The summed E-state index contributed by atoms with van der Waals surface area (Å²) in [6.45, 7) is 1.29. The first-order chi connectivity index (χ1) is 8.27. The van der Waals surface area contributed by atoms with Crippen LogP contribution in [0.15, 0.2) is 17.1 Å². The van der Waals surface area contributed by atoms with Crippen molar-refractivity contribution in [1.29, 1.82) is 5.26 Å². The molecule has 1 aromatic heterocycles. The lowest BCUT2D eigenvalue weighted by Gasteiger charge is -2.06. The maximum Gasteiger partial charge on any atom is 0.270 e. The summed E-state index contributed by atoms with van der Waals surface area (Å²) in [5.41, 5.74) is 5.09. The molecule has 0 bridgehead atoms. The number of nitriles is 1. The number of nitrogens with two attached hydrogens (primary N) is 1. The molecule has 0 atom stereocenters. The zero-order chi connectivity index (χ0) is 12.5. The fourth-order valence-corrected chi connectivity index (χ4v) is 1.31. The average Bonchev–Trinajstić information content (AvgIpc) is 2.34. The van der Waals surface area contributed by atoms with Crippen molar-refractivity contribution in [2.24, 2.45) is 5.73 Å². The molecule has 0 aliphatic carbocycles. The van der Waals surface area contributed by atoms with Gasteiger partial charge in [-0.15, -0.1) is 0 Å². The molecule has 0 fully saturated rings. The summed E-state index contributed by atoms with van der Waals surface area (Å²) < 4.78 is 6.56. The summed E-state index contributed by atoms with van der Waals surface area (Å²) >= 11 is 0. The first-order valence-corrected chi connectivity index (χ1v) is 5.55. The number of ether oxygens (including phenoxy) is 1. The largest absolute Gasteiger partial charge is 0.490 e. The number of hydrogen-bond donors (Lipinski definition) is 1. The van der Waals surface area contributed by atoms with Crippen molar-refractivity contribution in [2.75, 3.05) is 13.2 Å². The van der Waals surface area contributed by atoms with Gasteiger partial charge in [0.25, 0.3) is 5.56 Å². The third-order valence-corrected chi connectivity index (χ3v) is 2.14. The number of aromatic nitrogens is 2. The van der Waals surface area contributed by atoms with Crippen molar-refractivity contribution in [3.63, 3.8) is 0 Å². The zero-order valence-corrected chi connectivity index (χ0v) is 9.63. The highest BCUT2D eigenvalue weighted by Gasteiger charge is 2.00. The van der Waals surface area contributed by atoms with Gasteiger partial charge in [0.1, 0.15) is 12.4 Å². The Morgan fingerprint density at radius 2 is 2.35 bits per heavy atom. The molecule has 6 heteroatoms. The van der Waals surface area contributed by atoms with Crippen LogP contribution in [0, 0.1) is 11.3 Å². The van der Waals surface area contributed by atoms with Gasteiger partial charge in [0.2, 0.25) is 0 Å². The molecule has 1 aromatic rings. The van der Waals surface area contributed by atoms with Crippen LogP contribution in [0.25, 0.3) is 0 Å². The molecular weight excluding hydrogens is 220 g/mol. The van der Waals surface area contributed by atoms with E-state index < -0.39 is 0 Å². The summed E-state index contributed by atoms with van der Waals surface area (Å²) in [6.07, 6.45) is 3.55. The van der Waals surface area contributed by atoms with Gasteiger partial charge in [-0.05, 0) is 12.8 Å². The molecule has 0 spiro atoms. The monoisotopic (exact) mass is 236 g/mol. The van der Waals surface area contributed by atoms with Crippen molar-refractivity contribution in [3.8, 4) is 11.8 Å². The van der Waals surface area contributed by atoms with E-state index in [0.717, 1.165) is 12.8 Å². The summed E-state index contributed by atoms with van der Waals surface area (Å²) in [4.78, 5) is 11.6. The standard InChI is InChI=1S/C11H16N4O2/c12-4-2-1-3-6-15-11(16)8-10(9-14-15)17-7-5-13/h8-9H,1-3,5-7,13H2. The Balaban J connectivity index is 2.52. The van der Waals surface area contributed by atoms with Gasteiger partial charge in [0.15, 0.2) is 0 Å². The third kappa shape index (κ3) is 4.66. The van der Waals surface area contributed by atoms with Gasteiger partial charge in [-0.25, -0.2) is 4.68 Å². The van der Waals surface area contributed by atoms with Crippen LogP contribution in [0.1, 0.15) is 19.3 Å². The van der Waals surface area contributed by atoms with E-state index in [1.54, 1.807) is 0 Å². The fourth-order valence-electron chi connectivity index (χ4n) is 1.31. The Hall–Kier alpha value is -1.87. The lowest BCUT2D eigenvalue weighted by atomic mass is 10.2. The molecule has 0 saturated carbocycles. The van der Waals surface area contributed by atoms with E-state index in [0.29, 0.717) is 31.9 Å². The van der Waals surface area contributed by atoms with Crippen LogP contribution >= 0.6 is 0 Å². The molecule has 0 saturated heterocycles. The van der Waals surface area contributed by atoms with Gasteiger partial charge in [-0.3, -0.25) is 4.79 Å². The van der Waals surface area contributed by atoms with Crippen LogP contribution in [0.4, 0.5) is 0 Å². The highest BCUT2D eigenvalue weighted by atomic mass is 16.5. The molecule has 2 N–H and O–H groups in total. The van der Waals surface area contributed by atoms with Crippen LogP contribution in [0.3, 0.4) is 0 Å². The van der Waals surface area contributed by atoms with E-state index in [1.807, 2.05) is 0 Å². The van der Waals surface area contributed by atoms with E-state index in [1.165, 1.54) is 16.9 Å². The molecule has 92 valence electrons. The minimum absolute atomic E-state index is 0.198. The van der Waals surface area contributed by atoms with Gasteiger partial charge < -0.3 is 10.5 Å². The van der Waals surface area contributed by atoms with Gasteiger partial charge in [0.05, 0.1) is 12.3 Å². The minimum Gasteiger partial charge on any atom is -0.490 e. The maximum atomic E-state index is 11.6. The van der Waals surface area contributed by atoms with Gasteiger partial charge >= 0.3 is 0 Å². The third-order valence-electron chi connectivity index (χ3n) is 2.14. The number of rotatable bonds is 7. The van der Waals surface area contributed by atoms with Gasteiger partial charge in [-0.1, -0.05) is 0 Å². The number of unbranched alkanes of at least 4 members (excludes halogenated alkanes) is 2. The zero-order valence-electron chi connectivity index (χ0n) is 9.63. The maximum absolute atomic E-state index is 11.6. The Kier molecular flexibility index (Phi) is 5.75. The summed E-state index contributed by atoms with van der Waals surface area (Å²) in [6, 6.07) is 3.46. The average molecular weight is 236 g/mol. The molecule has 0 unspecified atom stereocenters. The highest BCUT2D eigenvalue weighted by Crippen LogP contribution is 2.03. The van der Waals surface area contributed by atoms with E-state index in [-0.39, 0.29) is 5.56 Å². The Bertz CT molecular complexity index is 436. The van der Waals surface area contributed by atoms with Crippen LogP contribution in [-0.4, -0.2) is 22.9 Å². The molecule has 0 amide bonds. The number of nitrogens with zero attached hydrogens (tertiary/aromatic N) is 3. The van der Waals surface area contributed by atoms with Crippen molar-refractivity contribution in [3.05, 3.63) is 22.6 Å². The second-order valence-corrected chi connectivity index (χ2v) is 3.51. The fraction of sp³-hybridized carbons (Fsp3) is 0.545.